The quantitative estimate of drug-likeness (QED) is 0.825. The number of halogens is 1. The molecule has 2 saturated heterocycles. The van der Waals surface area contributed by atoms with Crippen LogP contribution in [-0.2, 0) is 15.1 Å². The second kappa shape index (κ2) is 4.21. The molecule has 1 aromatic carbocycles. The molecule has 21 heavy (non-hydrogen) atoms. The van der Waals surface area contributed by atoms with Crippen molar-refractivity contribution in [2.75, 3.05) is 11.9 Å². The number of anilines is 1. The van der Waals surface area contributed by atoms with E-state index < -0.39 is 17.4 Å². The van der Waals surface area contributed by atoms with Crippen molar-refractivity contribution < 1.29 is 9.59 Å². The van der Waals surface area contributed by atoms with Crippen LogP contribution in [0.3, 0.4) is 0 Å². The predicted octanol–water partition coefficient (Wildman–Crippen LogP) is 1.46. The number of nitrogens with two attached hydrogens (primary N) is 1. The van der Waals surface area contributed by atoms with E-state index in [1.807, 2.05) is 0 Å². The minimum Gasteiger partial charge on any atom is -0.369 e. The average molecular weight is 306 g/mol. The SMILES string of the molecule is NC(=O)[C@@H]1C[C@H]2CCCN2[C@@]12C(=O)Nc1ccc(Cl)cc12. The van der Waals surface area contributed by atoms with Gasteiger partial charge in [0.15, 0.2) is 0 Å². The molecule has 1 aromatic rings. The van der Waals surface area contributed by atoms with Gasteiger partial charge in [0.25, 0.3) is 0 Å². The van der Waals surface area contributed by atoms with E-state index in [1.54, 1.807) is 18.2 Å². The number of rotatable bonds is 1. The Hall–Kier alpha value is -1.59. The van der Waals surface area contributed by atoms with Crippen LogP contribution in [0.2, 0.25) is 5.02 Å². The standard InChI is InChI=1S/C15H16ClN3O2/c16-8-3-4-12-10(6-8)15(14(21)18-12)11(13(17)20)7-9-2-1-5-19(9)15/h3-4,6,9,11H,1-2,5,7H2,(H2,17,20)(H,18,21)/t9-,11+,15-/m1/s1. The molecule has 5 nitrogen and oxygen atoms in total. The van der Waals surface area contributed by atoms with E-state index in [9.17, 15) is 9.59 Å². The number of nitrogens with zero attached hydrogens (tertiary/aromatic N) is 1. The number of hydrogen-bond acceptors (Lipinski definition) is 3. The molecule has 110 valence electrons. The van der Waals surface area contributed by atoms with Gasteiger partial charge >= 0.3 is 0 Å². The fraction of sp³-hybridized carbons (Fsp3) is 0.467. The average Bonchev–Trinajstić information content (AvgIpc) is 3.06. The minimum atomic E-state index is -0.965. The van der Waals surface area contributed by atoms with Crippen LogP contribution in [0.15, 0.2) is 18.2 Å². The van der Waals surface area contributed by atoms with E-state index in [1.165, 1.54) is 0 Å². The molecule has 6 heteroatoms. The first-order valence-corrected chi connectivity index (χ1v) is 7.60. The number of primary amides is 1. The van der Waals surface area contributed by atoms with Gasteiger partial charge in [-0.05, 0) is 44.0 Å². The van der Waals surface area contributed by atoms with Gasteiger partial charge in [-0.25, -0.2) is 0 Å². The molecule has 3 aliphatic heterocycles. The van der Waals surface area contributed by atoms with E-state index in [-0.39, 0.29) is 11.9 Å². The normalized spacial score (nSPS) is 34.0. The Bertz CT molecular complexity index is 662. The Labute approximate surface area is 127 Å². The summed E-state index contributed by atoms with van der Waals surface area (Å²) < 4.78 is 0. The molecule has 2 fully saturated rings. The van der Waals surface area contributed by atoms with Crippen molar-refractivity contribution in [3.8, 4) is 0 Å². The molecular formula is C15H16ClN3O2. The molecule has 2 amide bonds. The molecule has 3 aliphatic rings. The molecule has 4 rings (SSSR count). The smallest absolute Gasteiger partial charge is 0.250 e. The van der Waals surface area contributed by atoms with Gasteiger partial charge in [-0.1, -0.05) is 11.6 Å². The molecule has 0 radical (unpaired) electrons. The third kappa shape index (κ3) is 1.50. The summed E-state index contributed by atoms with van der Waals surface area (Å²) in [5.74, 6) is -1.05. The van der Waals surface area contributed by atoms with Crippen molar-refractivity contribution in [2.24, 2.45) is 11.7 Å². The molecular weight excluding hydrogens is 290 g/mol. The molecule has 1 spiro atoms. The fourth-order valence-corrected chi connectivity index (χ4v) is 4.59. The Morgan fingerprint density at radius 1 is 1.48 bits per heavy atom. The van der Waals surface area contributed by atoms with Crippen molar-refractivity contribution in [3.05, 3.63) is 28.8 Å². The van der Waals surface area contributed by atoms with E-state index in [0.29, 0.717) is 11.4 Å². The highest BCUT2D eigenvalue weighted by atomic mass is 35.5. The highest BCUT2D eigenvalue weighted by Crippen LogP contribution is 2.55. The lowest BCUT2D eigenvalue weighted by atomic mass is 9.78. The minimum absolute atomic E-state index is 0.145. The van der Waals surface area contributed by atoms with Gasteiger partial charge in [0, 0.05) is 22.3 Å². The molecule has 0 unspecified atom stereocenters. The van der Waals surface area contributed by atoms with Crippen LogP contribution in [-0.4, -0.2) is 29.3 Å². The van der Waals surface area contributed by atoms with Crippen molar-refractivity contribution in [1.29, 1.82) is 0 Å². The van der Waals surface area contributed by atoms with Gasteiger partial charge in [0.05, 0.1) is 5.92 Å². The topological polar surface area (TPSA) is 75.4 Å². The Balaban J connectivity index is 1.97. The van der Waals surface area contributed by atoms with E-state index >= 15 is 0 Å². The Kier molecular flexibility index (Phi) is 2.63. The van der Waals surface area contributed by atoms with E-state index in [0.717, 1.165) is 30.6 Å². The summed E-state index contributed by atoms with van der Waals surface area (Å²) in [5, 5.41) is 3.47. The molecule has 0 saturated carbocycles. The summed E-state index contributed by atoms with van der Waals surface area (Å²) >= 11 is 6.13. The maximum Gasteiger partial charge on any atom is 0.250 e. The van der Waals surface area contributed by atoms with E-state index in [2.05, 4.69) is 10.2 Å². The summed E-state index contributed by atoms with van der Waals surface area (Å²) in [6.45, 7) is 0.813. The second-order valence-corrected chi connectivity index (χ2v) is 6.53. The van der Waals surface area contributed by atoms with Crippen molar-refractivity contribution >= 4 is 29.1 Å². The third-order valence-corrected chi connectivity index (χ3v) is 5.41. The number of hydrogen-bond donors (Lipinski definition) is 2. The van der Waals surface area contributed by atoms with Crippen LogP contribution >= 0.6 is 11.6 Å². The van der Waals surface area contributed by atoms with Crippen LogP contribution in [0.1, 0.15) is 24.8 Å². The number of benzene rings is 1. The first-order valence-electron chi connectivity index (χ1n) is 7.22. The Morgan fingerprint density at radius 3 is 3.05 bits per heavy atom. The zero-order valence-electron chi connectivity index (χ0n) is 11.4. The van der Waals surface area contributed by atoms with Crippen molar-refractivity contribution in [2.45, 2.75) is 30.8 Å². The first-order chi connectivity index (χ1) is 10.0. The van der Waals surface area contributed by atoms with Gasteiger partial charge < -0.3 is 11.1 Å². The summed E-state index contributed by atoms with van der Waals surface area (Å²) in [6, 6.07) is 5.59. The van der Waals surface area contributed by atoms with Crippen molar-refractivity contribution in [3.63, 3.8) is 0 Å². The van der Waals surface area contributed by atoms with Gasteiger partial charge in [0.2, 0.25) is 11.8 Å². The number of carbonyl (C=O) groups is 2. The van der Waals surface area contributed by atoms with Gasteiger partial charge in [0.1, 0.15) is 5.54 Å². The van der Waals surface area contributed by atoms with Gasteiger partial charge in [-0.2, -0.15) is 0 Å². The molecule has 3 atom stereocenters. The van der Waals surface area contributed by atoms with Gasteiger partial charge in [-0.15, -0.1) is 0 Å². The summed E-state index contributed by atoms with van der Waals surface area (Å²) in [6.07, 6.45) is 2.70. The van der Waals surface area contributed by atoms with Crippen LogP contribution in [0.25, 0.3) is 0 Å². The summed E-state index contributed by atoms with van der Waals surface area (Å²) in [4.78, 5) is 27.0. The number of fused-ring (bicyclic) bond motifs is 4. The molecule has 0 aromatic heterocycles. The zero-order chi connectivity index (χ0) is 14.8. The predicted molar refractivity (Wildman–Crippen MR) is 78.8 cm³/mol. The number of amides is 2. The molecule has 3 heterocycles. The third-order valence-electron chi connectivity index (χ3n) is 5.17. The maximum atomic E-state index is 12.8. The maximum absolute atomic E-state index is 12.8. The number of nitrogens with one attached hydrogen (secondary N) is 1. The lowest BCUT2D eigenvalue weighted by Gasteiger charge is -2.36. The van der Waals surface area contributed by atoms with Crippen LogP contribution in [0, 0.1) is 5.92 Å². The summed E-state index contributed by atoms with van der Waals surface area (Å²) in [5.41, 5.74) is 6.21. The largest absolute Gasteiger partial charge is 0.369 e. The molecule has 3 N–H and O–H groups in total. The highest BCUT2D eigenvalue weighted by Gasteiger charge is 2.65. The number of carbonyl (C=O) groups excluding carboxylic acids is 2. The van der Waals surface area contributed by atoms with Gasteiger partial charge in [-0.3, -0.25) is 14.5 Å². The van der Waals surface area contributed by atoms with Crippen LogP contribution in [0.5, 0.6) is 0 Å². The monoisotopic (exact) mass is 305 g/mol. The zero-order valence-corrected chi connectivity index (χ0v) is 12.2. The van der Waals surface area contributed by atoms with Crippen LogP contribution in [0.4, 0.5) is 5.69 Å². The van der Waals surface area contributed by atoms with Crippen molar-refractivity contribution in [1.82, 2.24) is 4.90 Å². The Morgan fingerprint density at radius 2 is 2.29 bits per heavy atom. The summed E-state index contributed by atoms with van der Waals surface area (Å²) in [7, 11) is 0. The second-order valence-electron chi connectivity index (χ2n) is 6.09. The first kappa shape index (κ1) is 13.1. The molecule has 0 bridgehead atoms. The fourth-order valence-electron chi connectivity index (χ4n) is 4.42. The van der Waals surface area contributed by atoms with E-state index in [4.69, 9.17) is 17.3 Å². The highest BCUT2D eigenvalue weighted by molar-refractivity contribution is 6.31. The lowest BCUT2D eigenvalue weighted by Crippen LogP contribution is -2.53. The van der Waals surface area contributed by atoms with Crippen LogP contribution < -0.4 is 11.1 Å². The lowest BCUT2D eigenvalue weighted by molar-refractivity contribution is -0.135. The molecule has 0 aliphatic carbocycles.